The highest BCUT2D eigenvalue weighted by Crippen LogP contribution is 2.21. The summed E-state index contributed by atoms with van der Waals surface area (Å²) in [7, 11) is 1.26. The van der Waals surface area contributed by atoms with E-state index >= 15 is 0 Å². The van der Waals surface area contributed by atoms with E-state index in [1.54, 1.807) is 0 Å². The molecular formula is C23H22N2O4. The summed E-state index contributed by atoms with van der Waals surface area (Å²) in [6.45, 7) is 0. The van der Waals surface area contributed by atoms with E-state index in [0.717, 1.165) is 16.7 Å². The number of phenolic OH excluding ortho intramolecular Hbond substituents is 1. The molecule has 0 aliphatic heterocycles. The van der Waals surface area contributed by atoms with Crippen molar-refractivity contribution in [3.63, 3.8) is 0 Å². The standard InChI is InChI=1S/C23H22N2O4/c1-29-23(28)20(25-22(27)19-14-18(24)11-12-21(19)26)13-15-7-9-17(10-8-15)16-5-3-2-4-6-16/h2-12,14,20,26H,13,24H2,1H3,(H,25,27)/t20-/m0/s1. The largest absolute Gasteiger partial charge is 0.507 e. The second-order valence-corrected chi connectivity index (χ2v) is 6.59. The van der Waals surface area contributed by atoms with Crippen LogP contribution < -0.4 is 11.1 Å². The lowest BCUT2D eigenvalue weighted by Gasteiger charge is -2.17. The second-order valence-electron chi connectivity index (χ2n) is 6.59. The molecule has 4 N–H and O–H groups in total. The van der Waals surface area contributed by atoms with Gasteiger partial charge in [0.25, 0.3) is 5.91 Å². The summed E-state index contributed by atoms with van der Waals surface area (Å²) < 4.78 is 4.83. The summed E-state index contributed by atoms with van der Waals surface area (Å²) in [4.78, 5) is 24.7. The Hall–Kier alpha value is -3.80. The zero-order chi connectivity index (χ0) is 20.8. The molecular weight excluding hydrogens is 368 g/mol. The summed E-state index contributed by atoms with van der Waals surface area (Å²) >= 11 is 0. The maximum atomic E-state index is 12.5. The molecule has 148 valence electrons. The molecule has 6 nitrogen and oxygen atoms in total. The van der Waals surface area contributed by atoms with Gasteiger partial charge in [0.15, 0.2) is 0 Å². The molecule has 0 saturated heterocycles. The number of esters is 1. The van der Waals surface area contributed by atoms with Gasteiger partial charge in [0.1, 0.15) is 11.8 Å². The Bertz CT molecular complexity index is 1000. The SMILES string of the molecule is COC(=O)[C@H](Cc1ccc(-c2ccccc2)cc1)NC(=O)c1cc(N)ccc1O. The van der Waals surface area contributed by atoms with Crippen LogP contribution in [0, 0.1) is 0 Å². The first-order valence-electron chi connectivity index (χ1n) is 9.09. The van der Waals surface area contributed by atoms with Gasteiger partial charge >= 0.3 is 5.97 Å². The minimum Gasteiger partial charge on any atom is -0.507 e. The lowest BCUT2D eigenvalue weighted by Crippen LogP contribution is -2.43. The van der Waals surface area contributed by atoms with Crippen LogP contribution in [0.5, 0.6) is 5.75 Å². The van der Waals surface area contributed by atoms with E-state index in [4.69, 9.17) is 10.5 Å². The Morgan fingerprint density at radius 1 is 1.00 bits per heavy atom. The van der Waals surface area contributed by atoms with E-state index in [-0.39, 0.29) is 17.7 Å². The Balaban J connectivity index is 1.76. The molecule has 0 saturated carbocycles. The third-order valence-corrected chi connectivity index (χ3v) is 4.56. The molecule has 6 heteroatoms. The zero-order valence-electron chi connectivity index (χ0n) is 16.0. The zero-order valence-corrected chi connectivity index (χ0v) is 16.0. The summed E-state index contributed by atoms with van der Waals surface area (Å²) in [5.74, 6) is -1.40. The predicted octanol–water partition coefficient (Wildman–Crippen LogP) is 3.16. The molecule has 0 aliphatic rings. The van der Waals surface area contributed by atoms with E-state index in [9.17, 15) is 14.7 Å². The van der Waals surface area contributed by atoms with Crippen LogP contribution in [0.1, 0.15) is 15.9 Å². The van der Waals surface area contributed by atoms with Gasteiger partial charge in [0.05, 0.1) is 12.7 Å². The van der Waals surface area contributed by atoms with Gasteiger partial charge in [0.2, 0.25) is 0 Å². The number of anilines is 1. The van der Waals surface area contributed by atoms with Crippen LogP contribution in [-0.2, 0) is 16.0 Å². The molecule has 1 atom stereocenters. The summed E-state index contributed by atoms with van der Waals surface area (Å²) in [6, 6.07) is 20.9. The van der Waals surface area contributed by atoms with Crippen molar-refractivity contribution in [3.05, 3.63) is 83.9 Å². The third-order valence-electron chi connectivity index (χ3n) is 4.56. The predicted molar refractivity (Wildman–Crippen MR) is 111 cm³/mol. The van der Waals surface area contributed by atoms with Crippen molar-refractivity contribution in [3.8, 4) is 16.9 Å². The average Bonchev–Trinajstić information content (AvgIpc) is 2.75. The Labute approximate surface area is 168 Å². The average molecular weight is 390 g/mol. The Kier molecular flexibility index (Phi) is 6.14. The smallest absolute Gasteiger partial charge is 0.328 e. The van der Waals surface area contributed by atoms with Crippen molar-refractivity contribution < 1.29 is 19.4 Å². The van der Waals surface area contributed by atoms with Crippen LogP contribution >= 0.6 is 0 Å². The number of ether oxygens (including phenoxy) is 1. The van der Waals surface area contributed by atoms with Crippen molar-refractivity contribution in [1.82, 2.24) is 5.32 Å². The number of nitrogens with one attached hydrogen (secondary N) is 1. The quantitative estimate of drug-likeness (QED) is 0.341. The Morgan fingerprint density at radius 3 is 2.31 bits per heavy atom. The van der Waals surface area contributed by atoms with Gasteiger partial charge in [-0.15, -0.1) is 0 Å². The fourth-order valence-electron chi connectivity index (χ4n) is 3.01. The molecule has 1 amide bonds. The fourth-order valence-corrected chi connectivity index (χ4v) is 3.01. The van der Waals surface area contributed by atoms with Crippen LogP contribution in [0.25, 0.3) is 11.1 Å². The lowest BCUT2D eigenvalue weighted by molar-refractivity contribution is -0.142. The van der Waals surface area contributed by atoms with Crippen molar-refractivity contribution in [2.24, 2.45) is 0 Å². The van der Waals surface area contributed by atoms with Gasteiger partial charge < -0.3 is 20.9 Å². The number of rotatable bonds is 6. The van der Waals surface area contributed by atoms with Crippen molar-refractivity contribution in [1.29, 1.82) is 0 Å². The molecule has 3 rings (SSSR count). The number of carbonyl (C=O) groups is 2. The van der Waals surface area contributed by atoms with Crippen molar-refractivity contribution >= 4 is 17.6 Å². The number of aromatic hydroxyl groups is 1. The first-order valence-corrected chi connectivity index (χ1v) is 9.09. The molecule has 3 aromatic rings. The monoisotopic (exact) mass is 390 g/mol. The van der Waals surface area contributed by atoms with Crippen LogP contribution in [0.3, 0.4) is 0 Å². The number of hydrogen-bond donors (Lipinski definition) is 3. The van der Waals surface area contributed by atoms with E-state index in [1.165, 1.54) is 25.3 Å². The molecule has 0 aliphatic carbocycles. The molecule has 29 heavy (non-hydrogen) atoms. The van der Waals surface area contributed by atoms with E-state index in [0.29, 0.717) is 5.69 Å². The maximum absolute atomic E-state index is 12.5. The number of methoxy groups -OCH3 is 1. The molecule has 0 heterocycles. The maximum Gasteiger partial charge on any atom is 0.328 e. The fraction of sp³-hybridized carbons (Fsp3) is 0.130. The van der Waals surface area contributed by atoms with Crippen molar-refractivity contribution in [2.45, 2.75) is 12.5 Å². The minimum absolute atomic E-state index is 0.00155. The van der Waals surface area contributed by atoms with Crippen LogP contribution in [0.4, 0.5) is 5.69 Å². The molecule has 0 radical (unpaired) electrons. The van der Waals surface area contributed by atoms with E-state index in [1.807, 2.05) is 54.6 Å². The number of amides is 1. The summed E-state index contributed by atoms with van der Waals surface area (Å²) in [5.41, 5.74) is 9.02. The molecule has 0 fully saturated rings. The van der Waals surface area contributed by atoms with Crippen LogP contribution in [0.15, 0.2) is 72.8 Å². The highest BCUT2D eigenvalue weighted by molar-refractivity contribution is 5.99. The highest BCUT2D eigenvalue weighted by Gasteiger charge is 2.24. The van der Waals surface area contributed by atoms with Gasteiger partial charge in [-0.05, 0) is 34.9 Å². The number of nitrogens with two attached hydrogens (primary N) is 1. The number of benzene rings is 3. The third kappa shape index (κ3) is 4.93. The minimum atomic E-state index is -0.907. The summed E-state index contributed by atoms with van der Waals surface area (Å²) in [5, 5.41) is 12.5. The van der Waals surface area contributed by atoms with Gasteiger partial charge in [-0.3, -0.25) is 4.79 Å². The number of hydrogen-bond acceptors (Lipinski definition) is 5. The van der Waals surface area contributed by atoms with Gasteiger partial charge in [-0.25, -0.2) is 4.79 Å². The lowest BCUT2D eigenvalue weighted by atomic mass is 10.0. The molecule has 0 unspecified atom stereocenters. The number of phenols is 1. The topological polar surface area (TPSA) is 102 Å². The first-order chi connectivity index (χ1) is 14.0. The van der Waals surface area contributed by atoms with Gasteiger partial charge in [-0.2, -0.15) is 0 Å². The summed E-state index contributed by atoms with van der Waals surface area (Å²) in [6.07, 6.45) is 0.247. The Morgan fingerprint density at radius 2 is 1.66 bits per heavy atom. The van der Waals surface area contributed by atoms with E-state index < -0.39 is 17.9 Å². The van der Waals surface area contributed by atoms with Gasteiger partial charge in [-0.1, -0.05) is 54.6 Å². The highest BCUT2D eigenvalue weighted by atomic mass is 16.5. The number of nitrogen functional groups attached to an aromatic ring is 1. The molecule has 0 spiro atoms. The van der Waals surface area contributed by atoms with E-state index in [2.05, 4.69) is 5.32 Å². The molecule has 0 aromatic heterocycles. The van der Waals surface area contributed by atoms with Crippen LogP contribution in [-0.4, -0.2) is 30.1 Å². The van der Waals surface area contributed by atoms with Gasteiger partial charge in [0, 0.05) is 12.1 Å². The second kappa shape index (κ2) is 8.93. The first kappa shape index (κ1) is 19.9. The number of carbonyl (C=O) groups excluding carboxylic acids is 2. The molecule has 3 aromatic carbocycles. The molecule has 0 bridgehead atoms. The normalized spacial score (nSPS) is 11.5. The van der Waals surface area contributed by atoms with Crippen LogP contribution in [0.2, 0.25) is 0 Å². The van der Waals surface area contributed by atoms with Crippen molar-refractivity contribution in [2.75, 3.05) is 12.8 Å².